The van der Waals surface area contributed by atoms with Gasteiger partial charge in [0.1, 0.15) is 17.1 Å². The zero-order chi connectivity index (χ0) is 25.1. The van der Waals surface area contributed by atoms with Crippen LogP contribution < -0.4 is 5.32 Å². The van der Waals surface area contributed by atoms with Crippen LogP contribution in [0.15, 0.2) is 30.7 Å². The van der Waals surface area contributed by atoms with Gasteiger partial charge in [0.15, 0.2) is 5.82 Å². The van der Waals surface area contributed by atoms with Crippen molar-refractivity contribution in [1.82, 2.24) is 14.5 Å². The topological polar surface area (TPSA) is 101 Å². The second kappa shape index (κ2) is 10.3. The first-order valence-electron chi connectivity index (χ1n) is 12.1. The molecule has 0 unspecified atom stereocenters. The molecule has 4 rings (SSSR count). The van der Waals surface area contributed by atoms with Crippen molar-refractivity contribution in [3.8, 4) is 17.2 Å². The van der Waals surface area contributed by atoms with E-state index in [0.29, 0.717) is 29.7 Å². The summed E-state index contributed by atoms with van der Waals surface area (Å²) in [6.07, 6.45) is 6.76. The third kappa shape index (κ3) is 5.40. The molecule has 1 aliphatic carbocycles. The number of aryl methyl sites for hydroxylation is 1. The molecular weight excluding hydrogens is 445 g/mol. The Morgan fingerprint density at radius 2 is 2.06 bits per heavy atom. The maximum Gasteiger partial charge on any atom is 0.228 e. The highest BCUT2D eigenvalue weighted by Crippen LogP contribution is 2.34. The second-order valence-corrected chi connectivity index (χ2v) is 9.75. The maximum atomic E-state index is 14.9. The van der Waals surface area contributed by atoms with Crippen LogP contribution in [-0.4, -0.2) is 26.2 Å². The fraction of sp³-hybridized carbons (Fsp3) is 0.444. The molecule has 3 aromatic rings. The van der Waals surface area contributed by atoms with Gasteiger partial charge in [-0.15, -0.1) is 0 Å². The highest BCUT2D eigenvalue weighted by molar-refractivity contribution is 5.93. The average Bonchev–Trinajstić information content (AvgIpc) is 3.25. The first-order valence-corrected chi connectivity index (χ1v) is 12.1. The van der Waals surface area contributed by atoms with Gasteiger partial charge in [0.05, 0.1) is 24.3 Å². The minimum atomic E-state index is -0.391. The number of anilines is 1. The van der Waals surface area contributed by atoms with Crippen LogP contribution in [0.25, 0.3) is 22.2 Å². The largest absolute Gasteiger partial charge is 0.328 e. The molecule has 0 spiro atoms. The lowest BCUT2D eigenvalue weighted by Crippen LogP contribution is -2.29. The Morgan fingerprint density at radius 1 is 1.26 bits per heavy atom. The van der Waals surface area contributed by atoms with Gasteiger partial charge >= 0.3 is 0 Å². The number of hydrogen-bond acceptors (Lipinski definition) is 5. The minimum absolute atomic E-state index is 0.0635. The normalized spacial score (nSPS) is 17.9. The number of hydrogen-bond donors (Lipinski definition) is 1. The van der Waals surface area contributed by atoms with E-state index in [-0.39, 0.29) is 36.0 Å². The number of benzene rings is 1. The van der Waals surface area contributed by atoms with Crippen molar-refractivity contribution in [3.05, 3.63) is 42.1 Å². The molecule has 0 saturated heterocycles. The summed E-state index contributed by atoms with van der Waals surface area (Å²) in [7, 11) is 0. The number of imidazole rings is 1. The average molecular weight is 476 g/mol. The molecule has 1 amide bonds. The summed E-state index contributed by atoms with van der Waals surface area (Å²) in [4.78, 5) is 33.5. The maximum absolute atomic E-state index is 14.9. The number of ketones is 1. The van der Waals surface area contributed by atoms with Gasteiger partial charge < -0.3 is 9.88 Å². The smallest absolute Gasteiger partial charge is 0.228 e. The zero-order valence-corrected chi connectivity index (χ0v) is 20.3. The van der Waals surface area contributed by atoms with Crippen molar-refractivity contribution in [2.75, 3.05) is 5.32 Å². The number of aromatic nitrogens is 3. The number of rotatable bonds is 7. The second-order valence-electron chi connectivity index (χ2n) is 9.75. The van der Waals surface area contributed by atoms with E-state index in [4.69, 9.17) is 5.26 Å². The molecule has 2 heterocycles. The van der Waals surface area contributed by atoms with E-state index in [1.165, 1.54) is 6.07 Å². The molecule has 7 nitrogen and oxygen atoms in total. The number of carbonyl (C=O) groups is 2. The Bertz CT molecular complexity index is 1310. The Hall–Kier alpha value is -3.60. The first-order chi connectivity index (χ1) is 16.8. The Balaban J connectivity index is 1.54. The van der Waals surface area contributed by atoms with E-state index < -0.39 is 5.82 Å². The Kier molecular flexibility index (Phi) is 7.25. The van der Waals surface area contributed by atoms with Gasteiger partial charge in [-0.2, -0.15) is 5.26 Å². The van der Waals surface area contributed by atoms with Crippen LogP contribution in [0.4, 0.5) is 10.2 Å². The number of halogens is 1. The van der Waals surface area contributed by atoms with Gasteiger partial charge in [0.2, 0.25) is 5.91 Å². The van der Waals surface area contributed by atoms with Crippen LogP contribution >= 0.6 is 0 Å². The molecule has 1 saturated carbocycles. The number of amides is 1. The van der Waals surface area contributed by atoms with Crippen LogP contribution in [0.2, 0.25) is 0 Å². The van der Waals surface area contributed by atoms with Crippen molar-refractivity contribution in [3.63, 3.8) is 0 Å². The molecular formula is C27H30FN5O2. The van der Waals surface area contributed by atoms with Gasteiger partial charge in [-0.25, -0.2) is 14.4 Å². The van der Waals surface area contributed by atoms with Crippen LogP contribution in [0.1, 0.15) is 64.0 Å². The number of Topliss-reactive ketones (excluding diaryl/α,β-unsaturated/α-hetero) is 1. The molecule has 182 valence electrons. The van der Waals surface area contributed by atoms with Gasteiger partial charge in [-0.3, -0.25) is 9.59 Å². The number of nitriles is 1. The molecule has 35 heavy (non-hydrogen) atoms. The quantitative estimate of drug-likeness (QED) is 0.469. The summed E-state index contributed by atoms with van der Waals surface area (Å²) in [5.74, 6) is -0.239. The summed E-state index contributed by atoms with van der Waals surface area (Å²) in [5, 5.41) is 11.6. The minimum Gasteiger partial charge on any atom is -0.328 e. The third-order valence-electron chi connectivity index (χ3n) is 6.80. The summed E-state index contributed by atoms with van der Waals surface area (Å²) in [6, 6.07) is 7.21. The monoisotopic (exact) mass is 475 g/mol. The van der Waals surface area contributed by atoms with Crippen LogP contribution in [0.5, 0.6) is 0 Å². The van der Waals surface area contributed by atoms with E-state index in [9.17, 15) is 14.0 Å². The Morgan fingerprint density at radius 3 is 2.80 bits per heavy atom. The molecule has 2 aromatic heterocycles. The number of nitrogens with zero attached hydrogens (tertiary/aromatic N) is 4. The highest BCUT2D eigenvalue weighted by atomic mass is 19.1. The molecule has 1 N–H and O–H groups in total. The van der Waals surface area contributed by atoms with Crippen molar-refractivity contribution < 1.29 is 14.0 Å². The SMILES string of the molecule is Cc1cnc(NC(=O)[C@H]2CCC[C@@H](CC(=O)CC#N)C2)cc1-c1cc(F)c2ncn(C(C)C)c2c1. The van der Waals surface area contributed by atoms with E-state index in [1.807, 2.05) is 37.5 Å². The first kappa shape index (κ1) is 24.5. The number of pyridine rings is 1. The molecule has 0 bridgehead atoms. The highest BCUT2D eigenvalue weighted by Gasteiger charge is 2.28. The number of nitrogens with one attached hydrogen (secondary N) is 1. The van der Waals surface area contributed by atoms with E-state index in [0.717, 1.165) is 35.9 Å². The van der Waals surface area contributed by atoms with Crippen molar-refractivity contribution >= 4 is 28.5 Å². The molecule has 1 aromatic carbocycles. The van der Waals surface area contributed by atoms with E-state index >= 15 is 0 Å². The van der Waals surface area contributed by atoms with Crippen LogP contribution in [0, 0.1) is 35.9 Å². The zero-order valence-electron chi connectivity index (χ0n) is 20.3. The lowest BCUT2D eigenvalue weighted by Gasteiger charge is -2.27. The summed E-state index contributed by atoms with van der Waals surface area (Å²) >= 11 is 0. The summed E-state index contributed by atoms with van der Waals surface area (Å²) < 4.78 is 16.8. The van der Waals surface area contributed by atoms with Crippen molar-refractivity contribution in [2.45, 2.75) is 65.3 Å². The summed E-state index contributed by atoms with van der Waals surface area (Å²) in [5.41, 5.74) is 3.41. The van der Waals surface area contributed by atoms with E-state index in [2.05, 4.69) is 15.3 Å². The molecule has 1 fully saturated rings. The predicted molar refractivity (Wildman–Crippen MR) is 132 cm³/mol. The fourth-order valence-electron chi connectivity index (χ4n) is 4.99. The van der Waals surface area contributed by atoms with Crippen molar-refractivity contribution in [2.24, 2.45) is 11.8 Å². The molecule has 0 radical (unpaired) electrons. The van der Waals surface area contributed by atoms with Gasteiger partial charge in [0, 0.05) is 24.6 Å². The van der Waals surface area contributed by atoms with Gasteiger partial charge in [-0.1, -0.05) is 6.42 Å². The van der Waals surface area contributed by atoms with E-state index in [1.54, 1.807) is 18.6 Å². The van der Waals surface area contributed by atoms with Gasteiger partial charge in [0.25, 0.3) is 0 Å². The molecule has 0 aliphatic heterocycles. The molecule has 8 heteroatoms. The van der Waals surface area contributed by atoms with Crippen molar-refractivity contribution in [1.29, 1.82) is 5.26 Å². The summed E-state index contributed by atoms with van der Waals surface area (Å²) in [6.45, 7) is 5.94. The predicted octanol–water partition coefficient (Wildman–Crippen LogP) is 5.74. The molecule has 2 atom stereocenters. The van der Waals surface area contributed by atoms with Crippen LogP contribution in [-0.2, 0) is 9.59 Å². The lowest BCUT2D eigenvalue weighted by atomic mass is 9.78. The lowest BCUT2D eigenvalue weighted by molar-refractivity contribution is -0.123. The Labute approximate surface area is 204 Å². The number of fused-ring (bicyclic) bond motifs is 1. The molecule has 1 aliphatic rings. The third-order valence-corrected chi connectivity index (χ3v) is 6.80. The fourth-order valence-corrected chi connectivity index (χ4v) is 4.99. The number of carbonyl (C=O) groups excluding carboxylic acids is 2. The van der Waals surface area contributed by atoms with Gasteiger partial charge in [-0.05, 0) is 80.8 Å². The van der Waals surface area contributed by atoms with Crippen LogP contribution in [0.3, 0.4) is 0 Å². The standard InChI is InChI=1S/C27H30FN5O2/c1-16(2)33-15-31-26-23(28)11-20(12-24(26)33)22-13-25(30-14-17(22)3)32-27(35)19-6-4-5-18(9-19)10-21(34)7-8-29/h11-16,18-19H,4-7,9-10H2,1-3H3,(H,30,32,35)/t18-,19+/m1/s1.